The lowest BCUT2D eigenvalue weighted by Crippen LogP contribution is -2.31. The highest BCUT2D eigenvalue weighted by Gasteiger charge is 2.26. The molecule has 1 heterocycles. The average Bonchev–Trinajstić information content (AvgIpc) is 2.42. The van der Waals surface area contributed by atoms with Gasteiger partial charge in [-0.3, -0.25) is 4.79 Å². The van der Waals surface area contributed by atoms with E-state index in [1.807, 2.05) is 20.0 Å². The van der Waals surface area contributed by atoms with Crippen molar-refractivity contribution in [3.63, 3.8) is 0 Å². The minimum absolute atomic E-state index is 0.0881. The minimum Gasteiger partial charge on any atom is -0.491 e. The third kappa shape index (κ3) is 2.14. The van der Waals surface area contributed by atoms with Crippen LogP contribution in [0.4, 0.5) is 5.69 Å². The quantitative estimate of drug-likeness (QED) is 0.746. The van der Waals surface area contributed by atoms with E-state index in [0.717, 1.165) is 11.4 Å². The second kappa shape index (κ2) is 4.40. The number of carbonyl (C=O) groups is 1. The molecule has 1 aliphatic heterocycles. The molecule has 1 atom stereocenters. The summed E-state index contributed by atoms with van der Waals surface area (Å²) in [7, 11) is 1.82. The standard InChI is InChI=1S/C14H19NO2/c1-9(2)11-5-6-13-12(7-11)15(4)14(16)10(3)8-17-13/h5-7,9-10H,8H2,1-4H3. The maximum absolute atomic E-state index is 12.0. The first-order valence-corrected chi connectivity index (χ1v) is 6.05. The van der Waals surface area contributed by atoms with Gasteiger partial charge in [0.05, 0.1) is 18.2 Å². The molecule has 0 fully saturated rings. The van der Waals surface area contributed by atoms with Gasteiger partial charge in [0.15, 0.2) is 0 Å². The van der Waals surface area contributed by atoms with Crippen molar-refractivity contribution in [1.82, 2.24) is 0 Å². The van der Waals surface area contributed by atoms with Gasteiger partial charge >= 0.3 is 0 Å². The summed E-state index contributed by atoms with van der Waals surface area (Å²) in [5.74, 6) is 1.28. The number of fused-ring (bicyclic) bond motifs is 1. The molecule has 17 heavy (non-hydrogen) atoms. The average molecular weight is 233 g/mol. The van der Waals surface area contributed by atoms with E-state index >= 15 is 0 Å². The zero-order valence-electron chi connectivity index (χ0n) is 10.9. The van der Waals surface area contributed by atoms with Crippen molar-refractivity contribution < 1.29 is 9.53 Å². The van der Waals surface area contributed by atoms with Crippen LogP contribution in [0.15, 0.2) is 18.2 Å². The Morgan fingerprint density at radius 3 is 2.76 bits per heavy atom. The van der Waals surface area contributed by atoms with Gasteiger partial charge in [0.2, 0.25) is 5.91 Å². The molecule has 3 nitrogen and oxygen atoms in total. The zero-order valence-corrected chi connectivity index (χ0v) is 10.9. The van der Waals surface area contributed by atoms with Gasteiger partial charge in [0.25, 0.3) is 0 Å². The van der Waals surface area contributed by atoms with Crippen molar-refractivity contribution in [2.75, 3.05) is 18.6 Å². The minimum atomic E-state index is -0.0881. The smallest absolute Gasteiger partial charge is 0.233 e. The molecule has 0 saturated carbocycles. The first-order valence-electron chi connectivity index (χ1n) is 6.05. The van der Waals surface area contributed by atoms with Crippen LogP contribution >= 0.6 is 0 Å². The number of nitrogens with zero attached hydrogens (tertiary/aromatic N) is 1. The van der Waals surface area contributed by atoms with Crippen LogP contribution in [0, 0.1) is 5.92 Å². The summed E-state index contributed by atoms with van der Waals surface area (Å²) in [6.45, 7) is 6.64. The maximum Gasteiger partial charge on any atom is 0.233 e. The van der Waals surface area contributed by atoms with Crippen molar-refractivity contribution in [3.8, 4) is 5.75 Å². The molecule has 1 aromatic carbocycles. The second-order valence-corrected chi connectivity index (χ2v) is 4.99. The van der Waals surface area contributed by atoms with Crippen LogP contribution in [0.2, 0.25) is 0 Å². The number of hydrogen-bond donors (Lipinski definition) is 0. The van der Waals surface area contributed by atoms with Gasteiger partial charge in [0.1, 0.15) is 5.75 Å². The monoisotopic (exact) mass is 233 g/mol. The summed E-state index contributed by atoms with van der Waals surface area (Å²) in [6, 6.07) is 6.08. The molecule has 1 aliphatic rings. The van der Waals surface area contributed by atoms with Crippen LogP contribution in [-0.4, -0.2) is 19.6 Å². The molecule has 92 valence electrons. The summed E-state index contributed by atoms with van der Waals surface area (Å²) >= 11 is 0. The van der Waals surface area contributed by atoms with Gasteiger partial charge in [-0.25, -0.2) is 0 Å². The van der Waals surface area contributed by atoms with Gasteiger partial charge in [-0.15, -0.1) is 0 Å². The fraction of sp³-hybridized carbons (Fsp3) is 0.500. The first kappa shape index (κ1) is 12.0. The molecule has 1 amide bonds. The molecule has 1 aromatic rings. The van der Waals surface area contributed by atoms with E-state index in [9.17, 15) is 4.79 Å². The molecular weight excluding hydrogens is 214 g/mol. The highest BCUT2D eigenvalue weighted by molar-refractivity contribution is 5.96. The Morgan fingerprint density at radius 1 is 1.41 bits per heavy atom. The van der Waals surface area contributed by atoms with Crippen LogP contribution in [0.5, 0.6) is 5.75 Å². The summed E-state index contributed by atoms with van der Waals surface area (Å²) in [4.78, 5) is 13.7. The Bertz CT molecular complexity index is 440. The number of amides is 1. The number of rotatable bonds is 1. The highest BCUT2D eigenvalue weighted by Crippen LogP contribution is 2.34. The van der Waals surface area contributed by atoms with Crippen molar-refractivity contribution in [1.29, 1.82) is 0 Å². The van der Waals surface area contributed by atoms with Crippen molar-refractivity contribution in [2.45, 2.75) is 26.7 Å². The maximum atomic E-state index is 12.0. The zero-order chi connectivity index (χ0) is 12.6. The van der Waals surface area contributed by atoms with Gasteiger partial charge in [-0.2, -0.15) is 0 Å². The normalized spacial score (nSPS) is 19.9. The highest BCUT2D eigenvalue weighted by atomic mass is 16.5. The van der Waals surface area contributed by atoms with E-state index < -0.39 is 0 Å². The molecule has 1 unspecified atom stereocenters. The Hall–Kier alpha value is -1.51. The summed E-state index contributed by atoms with van der Waals surface area (Å²) < 4.78 is 5.67. The fourth-order valence-corrected chi connectivity index (χ4v) is 2.01. The Balaban J connectivity index is 2.46. The van der Waals surface area contributed by atoms with Crippen molar-refractivity contribution in [3.05, 3.63) is 23.8 Å². The van der Waals surface area contributed by atoms with Crippen molar-refractivity contribution in [2.24, 2.45) is 5.92 Å². The van der Waals surface area contributed by atoms with Crippen LogP contribution in [0.1, 0.15) is 32.3 Å². The number of ether oxygens (including phenoxy) is 1. The molecule has 0 radical (unpaired) electrons. The van der Waals surface area contributed by atoms with E-state index in [1.54, 1.807) is 4.90 Å². The van der Waals surface area contributed by atoms with Crippen LogP contribution < -0.4 is 9.64 Å². The lowest BCUT2D eigenvalue weighted by atomic mass is 10.0. The number of carbonyl (C=O) groups excluding carboxylic acids is 1. The van der Waals surface area contributed by atoms with Crippen molar-refractivity contribution >= 4 is 11.6 Å². The molecule has 0 spiro atoms. The molecule has 2 rings (SSSR count). The van der Waals surface area contributed by atoms with E-state index in [-0.39, 0.29) is 11.8 Å². The molecule has 0 bridgehead atoms. The molecule has 0 aliphatic carbocycles. The Morgan fingerprint density at radius 2 is 2.12 bits per heavy atom. The molecule has 0 saturated heterocycles. The largest absolute Gasteiger partial charge is 0.491 e. The van der Waals surface area contributed by atoms with Crippen LogP contribution in [0.3, 0.4) is 0 Å². The van der Waals surface area contributed by atoms with Crippen LogP contribution in [0.25, 0.3) is 0 Å². The first-order chi connectivity index (χ1) is 8.00. The molecule has 0 N–H and O–H groups in total. The van der Waals surface area contributed by atoms with E-state index in [4.69, 9.17) is 4.74 Å². The van der Waals surface area contributed by atoms with Gasteiger partial charge in [-0.05, 0) is 23.6 Å². The number of hydrogen-bond acceptors (Lipinski definition) is 2. The summed E-state index contributed by atoms with van der Waals surface area (Å²) in [5.41, 5.74) is 2.10. The Labute approximate surface area is 102 Å². The van der Waals surface area contributed by atoms with Gasteiger partial charge in [-0.1, -0.05) is 26.8 Å². The fourth-order valence-electron chi connectivity index (χ4n) is 2.01. The van der Waals surface area contributed by atoms with E-state index in [2.05, 4.69) is 26.0 Å². The predicted molar refractivity (Wildman–Crippen MR) is 68.6 cm³/mol. The third-order valence-corrected chi connectivity index (χ3v) is 3.25. The Kier molecular flexibility index (Phi) is 3.09. The topological polar surface area (TPSA) is 29.5 Å². The third-order valence-electron chi connectivity index (χ3n) is 3.25. The number of benzene rings is 1. The van der Waals surface area contributed by atoms with Crippen LogP contribution in [-0.2, 0) is 4.79 Å². The lowest BCUT2D eigenvalue weighted by Gasteiger charge is -2.19. The summed E-state index contributed by atoms with van der Waals surface area (Å²) in [5, 5.41) is 0. The van der Waals surface area contributed by atoms with E-state index in [0.29, 0.717) is 12.5 Å². The molecule has 0 aromatic heterocycles. The lowest BCUT2D eigenvalue weighted by molar-refractivity contribution is -0.122. The molecule has 3 heteroatoms. The summed E-state index contributed by atoms with van der Waals surface area (Å²) in [6.07, 6.45) is 0. The predicted octanol–water partition coefficient (Wildman–Crippen LogP) is 2.80. The molecular formula is C14H19NO2. The SMILES string of the molecule is CC1COc2ccc(C(C)C)cc2N(C)C1=O. The van der Waals surface area contributed by atoms with Gasteiger partial charge in [0, 0.05) is 7.05 Å². The number of anilines is 1. The van der Waals surface area contributed by atoms with E-state index in [1.165, 1.54) is 5.56 Å². The van der Waals surface area contributed by atoms with Gasteiger partial charge < -0.3 is 9.64 Å². The second-order valence-electron chi connectivity index (χ2n) is 4.99.